The number of aromatic nitrogens is 2. The minimum Gasteiger partial charge on any atom is -0.380 e. The van der Waals surface area contributed by atoms with Crippen LogP contribution in [0.15, 0.2) is 6.33 Å². The molecule has 0 N–H and O–H groups in total. The molecule has 0 aliphatic rings. The first-order chi connectivity index (χ1) is 7.70. The minimum absolute atomic E-state index is 0.330. The van der Waals surface area contributed by atoms with Gasteiger partial charge in [0, 0.05) is 20.2 Å². The summed E-state index contributed by atoms with van der Waals surface area (Å²) in [5, 5.41) is 0. The molecule has 0 atom stereocenters. The summed E-state index contributed by atoms with van der Waals surface area (Å²) < 4.78 is 19.0. The Bertz CT molecular complexity index is 333. The number of hydrogen-bond acceptors (Lipinski definition) is 4. The van der Waals surface area contributed by atoms with Crippen molar-refractivity contribution in [2.75, 3.05) is 31.7 Å². The molecule has 0 fully saturated rings. The van der Waals surface area contributed by atoms with E-state index >= 15 is 0 Å². The molecule has 0 saturated heterocycles. The van der Waals surface area contributed by atoms with Gasteiger partial charge in [-0.1, -0.05) is 6.92 Å². The summed E-state index contributed by atoms with van der Waals surface area (Å²) in [5.74, 6) is 0.00977. The molecule has 0 unspecified atom stereocenters. The third kappa shape index (κ3) is 3.13. The van der Waals surface area contributed by atoms with Crippen LogP contribution in [0.25, 0.3) is 0 Å². The highest BCUT2D eigenvalue weighted by atomic mass is 19.1. The lowest BCUT2D eigenvalue weighted by atomic mass is 10.3. The average Bonchev–Trinajstić information content (AvgIpc) is 2.29. The number of halogens is 1. The second kappa shape index (κ2) is 6.37. The van der Waals surface area contributed by atoms with E-state index in [-0.39, 0.29) is 5.82 Å². The lowest BCUT2D eigenvalue weighted by Gasteiger charge is -2.18. The fraction of sp³-hybridized carbons (Fsp3) is 0.636. The predicted octanol–water partition coefficient (Wildman–Crippen LogP) is 1.65. The van der Waals surface area contributed by atoms with Crippen molar-refractivity contribution in [3.05, 3.63) is 17.8 Å². The number of ether oxygens (including phenoxy) is 1. The van der Waals surface area contributed by atoms with E-state index in [0.29, 0.717) is 37.7 Å². The van der Waals surface area contributed by atoms with Crippen molar-refractivity contribution in [2.24, 2.45) is 0 Å². The van der Waals surface area contributed by atoms with E-state index < -0.39 is 0 Å². The quantitative estimate of drug-likeness (QED) is 0.693. The van der Waals surface area contributed by atoms with E-state index in [1.165, 1.54) is 6.33 Å². The summed E-state index contributed by atoms with van der Waals surface area (Å²) in [5.41, 5.74) is 0.452. The van der Waals surface area contributed by atoms with Crippen molar-refractivity contribution in [3.8, 4) is 0 Å². The maximum absolute atomic E-state index is 13.8. The summed E-state index contributed by atoms with van der Waals surface area (Å²) in [4.78, 5) is 9.58. The first-order valence-corrected chi connectivity index (χ1v) is 5.48. The zero-order chi connectivity index (χ0) is 12.0. The van der Waals surface area contributed by atoms with Crippen molar-refractivity contribution in [3.63, 3.8) is 0 Å². The summed E-state index contributed by atoms with van der Waals surface area (Å²) in [6.07, 6.45) is 1.97. The number of aryl methyl sites for hydroxylation is 1. The third-order valence-corrected chi connectivity index (χ3v) is 2.31. The Morgan fingerprint density at radius 2 is 2.12 bits per heavy atom. The second-order valence-electron chi connectivity index (χ2n) is 3.43. The molecule has 1 heterocycles. The molecule has 5 heteroatoms. The van der Waals surface area contributed by atoms with Gasteiger partial charge in [0.15, 0.2) is 11.6 Å². The fourth-order valence-corrected chi connectivity index (χ4v) is 1.36. The monoisotopic (exact) mass is 227 g/mol. The largest absolute Gasteiger partial charge is 0.380 e. The molecule has 1 aromatic rings. The van der Waals surface area contributed by atoms with Gasteiger partial charge in [-0.3, -0.25) is 0 Å². The Kier molecular flexibility index (Phi) is 5.11. The van der Waals surface area contributed by atoms with Crippen molar-refractivity contribution in [1.82, 2.24) is 9.97 Å². The summed E-state index contributed by atoms with van der Waals surface area (Å²) in [7, 11) is 1.80. The summed E-state index contributed by atoms with van der Waals surface area (Å²) >= 11 is 0. The molecule has 0 amide bonds. The molecular weight excluding hydrogens is 209 g/mol. The van der Waals surface area contributed by atoms with Crippen LogP contribution in [0.1, 0.15) is 19.5 Å². The zero-order valence-corrected chi connectivity index (χ0v) is 10.0. The zero-order valence-electron chi connectivity index (χ0n) is 10.0. The molecule has 90 valence electrons. The molecule has 0 spiro atoms. The topological polar surface area (TPSA) is 38.2 Å². The van der Waals surface area contributed by atoms with Crippen LogP contribution in [0, 0.1) is 5.82 Å². The number of likely N-dealkylation sites (N-methyl/N-ethyl adjacent to an activating group) is 1. The van der Waals surface area contributed by atoms with E-state index in [9.17, 15) is 4.39 Å². The van der Waals surface area contributed by atoms with Gasteiger partial charge in [0.1, 0.15) is 6.33 Å². The van der Waals surface area contributed by atoms with E-state index in [1.807, 2.05) is 13.8 Å². The molecule has 0 saturated carbocycles. The van der Waals surface area contributed by atoms with Crippen LogP contribution in [0.3, 0.4) is 0 Å². The van der Waals surface area contributed by atoms with Gasteiger partial charge in [0.05, 0.1) is 12.3 Å². The summed E-state index contributed by atoms with van der Waals surface area (Å²) in [6, 6.07) is 0. The van der Waals surface area contributed by atoms with Crippen LogP contribution >= 0.6 is 0 Å². The van der Waals surface area contributed by atoms with Gasteiger partial charge in [-0.25, -0.2) is 14.4 Å². The lowest BCUT2D eigenvalue weighted by Crippen LogP contribution is -2.25. The maximum Gasteiger partial charge on any atom is 0.187 e. The normalized spacial score (nSPS) is 10.5. The highest BCUT2D eigenvalue weighted by molar-refractivity contribution is 5.39. The van der Waals surface area contributed by atoms with Crippen molar-refractivity contribution in [1.29, 1.82) is 0 Å². The number of nitrogens with zero attached hydrogens (tertiary/aromatic N) is 3. The number of rotatable bonds is 6. The molecule has 0 bridgehead atoms. The third-order valence-electron chi connectivity index (χ3n) is 2.31. The molecule has 1 rings (SSSR count). The van der Waals surface area contributed by atoms with Gasteiger partial charge in [-0.05, 0) is 13.3 Å². The highest BCUT2D eigenvalue weighted by Crippen LogP contribution is 2.16. The standard InChI is InChI=1S/C11H18FN3O/c1-4-9-10(12)11(14-8-13-9)15(3)6-7-16-5-2/h8H,4-7H2,1-3H3. The second-order valence-corrected chi connectivity index (χ2v) is 3.43. The Labute approximate surface area is 95.5 Å². The molecule has 0 aliphatic heterocycles. The first kappa shape index (κ1) is 12.8. The molecule has 0 radical (unpaired) electrons. The van der Waals surface area contributed by atoms with Crippen LogP contribution in [0.5, 0.6) is 0 Å². The maximum atomic E-state index is 13.8. The van der Waals surface area contributed by atoms with E-state index in [0.717, 1.165) is 0 Å². The SMILES string of the molecule is CCOCCN(C)c1ncnc(CC)c1F. The number of anilines is 1. The molecule has 0 aromatic carbocycles. The smallest absolute Gasteiger partial charge is 0.187 e. The molecule has 0 aliphatic carbocycles. The highest BCUT2D eigenvalue weighted by Gasteiger charge is 2.13. The van der Waals surface area contributed by atoms with Gasteiger partial charge >= 0.3 is 0 Å². The lowest BCUT2D eigenvalue weighted by molar-refractivity contribution is 0.154. The average molecular weight is 227 g/mol. The van der Waals surface area contributed by atoms with Crippen LogP contribution < -0.4 is 4.90 Å². The van der Waals surface area contributed by atoms with Gasteiger partial charge < -0.3 is 9.64 Å². The van der Waals surface area contributed by atoms with Gasteiger partial charge in [-0.15, -0.1) is 0 Å². The summed E-state index contributed by atoms with van der Waals surface area (Å²) in [6.45, 7) is 5.65. The van der Waals surface area contributed by atoms with Gasteiger partial charge in [0.2, 0.25) is 0 Å². The van der Waals surface area contributed by atoms with Crippen LogP contribution in [-0.2, 0) is 11.2 Å². The van der Waals surface area contributed by atoms with Crippen molar-refractivity contribution < 1.29 is 9.13 Å². The molecule has 1 aromatic heterocycles. The Morgan fingerprint density at radius 1 is 1.38 bits per heavy atom. The fourth-order valence-electron chi connectivity index (χ4n) is 1.36. The minimum atomic E-state index is -0.330. The van der Waals surface area contributed by atoms with Gasteiger partial charge in [0.25, 0.3) is 0 Å². The molecule has 4 nitrogen and oxygen atoms in total. The van der Waals surface area contributed by atoms with E-state index in [2.05, 4.69) is 9.97 Å². The predicted molar refractivity (Wildman–Crippen MR) is 61.1 cm³/mol. The van der Waals surface area contributed by atoms with Crippen LogP contribution in [0.4, 0.5) is 10.2 Å². The molecule has 16 heavy (non-hydrogen) atoms. The van der Waals surface area contributed by atoms with Crippen LogP contribution in [0.2, 0.25) is 0 Å². The number of hydrogen-bond donors (Lipinski definition) is 0. The van der Waals surface area contributed by atoms with Crippen molar-refractivity contribution in [2.45, 2.75) is 20.3 Å². The van der Waals surface area contributed by atoms with E-state index in [4.69, 9.17) is 4.74 Å². The van der Waals surface area contributed by atoms with Gasteiger partial charge in [-0.2, -0.15) is 0 Å². The first-order valence-electron chi connectivity index (χ1n) is 5.48. The molecular formula is C11H18FN3O. The van der Waals surface area contributed by atoms with Crippen LogP contribution in [-0.4, -0.2) is 36.8 Å². The Balaban J connectivity index is 2.71. The Hall–Kier alpha value is -1.23. The Morgan fingerprint density at radius 3 is 2.75 bits per heavy atom. The van der Waals surface area contributed by atoms with E-state index in [1.54, 1.807) is 11.9 Å². The van der Waals surface area contributed by atoms with Crippen molar-refractivity contribution >= 4 is 5.82 Å².